The highest BCUT2D eigenvalue weighted by molar-refractivity contribution is 7.07. The highest BCUT2D eigenvalue weighted by Crippen LogP contribution is 2.41. The van der Waals surface area contributed by atoms with E-state index in [1.54, 1.807) is 11.3 Å². The predicted octanol–water partition coefficient (Wildman–Crippen LogP) is 3.73. The number of thiophene rings is 1. The van der Waals surface area contributed by atoms with Gasteiger partial charge < -0.3 is 9.47 Å². The minimum atomic E-state index is 0.138. The molecule has 0 saturated carbocycles. The van der Waals surface area contributed by atoms with Crippen molar-refractivity contribution in [2.45, 2.75) is 38.5 Å². The van der Waals surface area contributed by atoms with Crippen LogP contribution in [0.4, 0.5) is 0 Å². The summed E-state index contributed by atoms with van der Waals surface area (Å²) in [6, 6.07) is 6.28. The van der Waals surface area contributed by atoms with E-state index in [0.717, 1.165) is 45.7 Å². The van der Waals surface area contributed by atoms with Gasteiger partial charge in [-0.05, 0) is 59.3 Å². The summed E-state index contributed by atoms with van der Waals surface area (Å²) in [5.74, 6) is 0. The minimum absolute atomic E-state index is 0.138. The summed E-state index contributed by atoms with van der Waals surface area (Å²) in [6.45, 7) is 5.57. The molecule has 2 aliphatic rings. The van der Waals surface area contributed by atoms with Crippen molar-refractivity contribution in [2.24, 2.45) is 5.41 Å². The van der Waals surface area contributed by atoms with Crippen molar-refractivity contribution in [3.8, 4) is 0 Å². The standard InChI is InChI=1S/C20H26N2O2S/c1-6-20(16-23-13-17-2-7-21-8-3-17)15-22(9-4-19(20)24-10-1)12-18-5-11-25-14-18/h2-3,5,7-8,11,14,19H,1,4,6,9-10,12-13,15-16H2. The molecule has 2 saturated heterocycles. The molecule has 25 heavy (non-hydrogen) atoms. The van der Waals surface area contributed by atoms with Gasteiger partial charge in [-0.15, -0.1) is 0 Å². The summed E-state index contributed by atoms with van der Waals surface area (Å²) in [5.41, 5.74) is 2.75. The molecule has 2 fully saturated rings. The van der Waals surface area contributed by atoms with E-state index in [9.17, 15) is 0 Å². The van der Waals surface area contributed by atoms with Crippen LogP contribution in [0.2, 0.25) is 0 Å². The number of hydrogen-bond acceptors (Lipinski definition) is 5. The molecular weight excluding hydrogens is 332 g/mol. The van der Waals surface area contributed by atoms with Gasteiger partial charge in [0.1, 0.15) is 0 Å². The molecule has 0 spiro atoms. The molecule has 2 atom stereocenters. The summed E-state index contributed by atoms with van der Waals surface area (Å²) in [6.07, 6.45) is 7.45. The van der Waals surface area contributed by atoms with E-state index in [1.807, 2.05) is 24.5 Å². The Kier molecular flexibility index (Phi) is 5.46. The molecule has 4 rings (SSSR count). The Hall–Kier alpha value is -1.27. The maximum Gasteiger partial charge on any atom is 0.0718 e. The highest BCUT2D eigenvalue weighted by Gasteiger charge is 2.46. The molecule has 2 aliphatic heterocycles. The van der Waals surface area contributed by atoms with E-state index in [4.69, 9.17) is 9.47 Å². The first kappa shape index (κ1) is 17.2. The van der Waals surface area contributed by atoms with Crippen LogP contribution in [0.1, 0.15) is 30.4 Å². The Morgan fingerprint density at radius 1 is 1.28 bits per heavy atom. The SMILES string of the molecule is c1cc(COCC23CCCOC2CCN(Cc2ccsc2)C3)ccn1. The average molecular weight is 359 g/mol. The first-order valence-electron chi connectivity index (χ1n) is 9.16. The van der Waals surface area contributed by atoms with Crippen LogP contribution in [0.5, 0.6) is 0 Å². The Morgan fingerprint density at radius 2 is 2.20 bits per heavy atom. The number of hydrogen-bond donors (Lipinski definition) is 0. The van der Waals surface area contributed by atoms with Crippen LogP contribution < -0.4 is 0 Å². The third kappa shape index (κ3) is 4.11. The number of aromatic nitrogens is 1. The van der Waals surface area contributed by atoms with Crippen LogP contribution in [0.3, 0.4) is 0 Å². The first-order chi connectivity index (χ1) is 12.3. The lowest BCUT2D eigenvalue weighted by Crippen LogP contribution is -2.56. The number of likely N-dealkylation sites (tertiary alicyclic amines) is 1. The Labute approximate surface area is 153 Å². The molecule has 0 aliphatic carbocycles. The van der Waals surface area contributed by atoms with Gasteiger partial charge in [0.15, 0.2) is 0 Å². The van der Waals surface area contributed by atoms with Crippen LogP contribution in [0.15, 0.2) is 41.4 Å². The Morgan fingerprint density at radius 3 is 3.04 bits per heavy atom. The smallest absolute Gasteiger partial charge is 0.0718 e. The van der Waals surface area contributed by atoms with E-state index in [-0.39, 0.29) is 5.41 Å². The third-order valence-electron chi connectivity index (χ3n) is 5.46. The average Bonchev–Trinajstić information content (AvgIpc) is 3.15. The normalized spacial score (nSPS) is 27.1. The van der Waals surface area contributed by atoms with Crippen molar-refractivity contribution in [3.63, 3.8) is 0 Å². The molecule has 2 aromatic rings. The maximum absolute atomic E-state index is 6.17. The largest absolute Gasteiger partial charge is 0.377 e. The third-order valence-corrected chi connectivity index (χ3v) is 6.19. The maximum atomic E-state index is 6.17. The molecule has 4 heterocycles. The lowest BCUT2D eigenvalue weighted by atomic mass is 9.73. The zero-order valence-electron chi connectivity index (χ0n) is 14.6. The number of nitrogens with zero attached hydrogens (tertiary/aromatic N) is 2. The molecule has 0 bridgehead atoms. The molecule has 4 nitrogen and oxygen atoms in total. The summed E-state index contributed by atoms with van der Waals surface area (Å²) >= 11 is 1.78. The zero-order chi connectivity index (χ0) is 17.0. The van der Waals surface area contributed by atoms with Crippen LogP contribution in [-0.4, -0.2) is 42.3 Å². The minimum Gasteiger partial charge on any atom is -0.377 e. The Bertz CT molecular complexity index is 649. The quantitative estimate of drug-likeness (QED) is 0.788. The molecule has 0 N–H and O–H groups in total. The van der Waals surface area contributed by atoms with Gasteiger partial charge in [0.05, 0.1) is 19.3 Å². The molecule has 5 heteroatoms. The van der Waals surface area contributed by atoms with Crippen molar-refractivity contribution < 1.29 is 9.47 Å². The van der Waals surface area contributed by atoms with Crippen molar-refractivity contribution >= 4 is 11.3 Å². The molecule has 0 aromatic carbocycles. The predicted molar refractivity (Wildman–Crippen MR) is 99.5 cm³/mol. The topological polar surface area (TPSA) is 34.6 Å². The van der Waals surface area contributed by atoms with Gasteiger partial charge in [-0.25, -0.2) is 0 Å². The van der Waals surface area contributed by atoms with Gasteiger partial charge in [0, 0.05) is 44.0 Å². The van der Waals surface area contributed by atoms with E-state index >= 15 is 0 Å². The number of ether oxygens (including phenoxy) is 2. The van der Waals surface area contributed by atoms with E-state index < -0.39 is 0 Å². The van der Waals surface area contributed by atoms with Gasteiger partial charge in [-0.1, -0.05) is 0 Å². The molecule has 2 aromatic heterocycles. The van der Waals surface area contributed by atoms with Gasteiger partial charge in [-0.3, -0.25) is 9.88 Å². The van der Waals surface area contributed by atoms with Crippen LogP contribution in [-0.2, 0) is 22.6 Å². The number of pyridine rings is 1. The van der Waals surface area contributed by atoms with Gasteiger partial charge >= 0.3 is 0 Å². The van der Waals surface area contributed by atoms with Gasteiger partial charge in [0.2, 0.25) is 0 Å². The lowest BCUT2D eigenvalue weighted by molar-refractivity contribution is -0.155. The fraction of sp³-hybridized carbons (Fsp3) is 0.550. The van der Waals surface area contributed by atoms with Crippen LogP contribution in [0, 0.1) is 5.41 Å². The summed E-state index contributed by atoms with van der Waals surface area (Å²) in [5, 5.41) is 4.43. The fourth-order valence-corrected chi connectivity index (χ4v) is 4.88. The first-order valence-corrected chi connectivity index (χ1v) is 10.1. The van der Waals surface area contributed by atoms with E-state index in [2.05, 4.69) is 26.7 Å². The molecule has 2 unspecified atom stereocenters. The molecule has 0 amide bonds. The second-order valence-corrected chi connectivity index (χ2v) is 8.08. The van der Waals surface area contributed by atoms with Crippen molar-refractivity contribution in [2.75, 3.05) is 26.3 Å². The molecule has 134 valence electrons. The van der Waals surface area contributed by atoms with Gasteiger partial charge in [-0.2, -0.15) is 11.3 Å². The lowest BCUT2D eigenvalue weighted by Gasteiger charge is -2.50. The monoisotopic (exact) mass is 358 g/mol. The Balaban J connectivity index is 1.40. The number of piperidine rings is 1. The number of fused-ring (bicyclic) bond motifs is 1. The van der Waals surface area contributed by atoms with E-state index in [0.29, 0.717) is 12.7 Å². The van der Waals surface area contributed by atoms with Crippen molar-refractivity contribution in [3.05, 3.63) is 52.5 Å². The number of rotatable bonds is 6. The zero-order valence-corrected chi connectivity index (χ0v) is 15.4. The van der Waals surface area contributed by atoms with Crippen LogP contribution >= 0.6 is 11.3 Å². The van der Waals surface area contributed by atoms with Crippen molar-refractivity contribution in [1.82, 2.24) is 9.88 Å². The summed E-state index contributed by atoms with van der Waals surface area (Å²) in [7, 11) is 0. The van der Waals surface area contributed by atoms with E-state index in [1.165, 1.54) is 17.5 Å². The fourth-order valence-electron chi connectivity index (χ4n) is 4.22. The highest BCUT2D eigenvalue weighted by atomic mass is 32.1. The molecule has 0 radical (unpaired) electrons. The van der Waals surface area contributed by atoms with Crippen LogP contribution in [0.25, 0.3) is 0 Å². The molecular formula is C20H26N2O2S. The van der Waals surface area contributed by atoms with Gasteiger partial charge in [0.25, 0.3) is 0 Å². The second kappa shape index (κ2) is 7.96. The summed E-state index contributed by atoms with van der Waals surface area (Å²) < 4.78 is 12.3. The van der Waals surface area contributed by atoms with Crippen molar-refractivity contribution in [1.29, 1.82) is 0 Å². The summed E-state index contributed by atoms with van der Waals surface area (Å²) in [4.78, 5) is 6.66. The second-order valence-electron chi connectivity index (χ2n) is 7.30.